The van der Waals surface area contributed by atoms with Crippen molar-refractivity contribution in [3.63, 3.8) is 0 Å². The summed E-state index contributed by atoms with van der Waals surface area (Å²) in [5.74, 6) is -0.542. The van der Waals surface area contributed by atoms with Crippen molar-refractivity contribution in [1.29, 1.82) is 0 Å². The van der Waals surface area contributed by atoms with Gasteiger partial charge in [-0.2, -0.15) is 4.98 Å². The minimum Gasteiger partial charge on any atom is -0.430 e. The van der Waals surface area contributed by atoms with Crippen LogP contribution in [0.5, 0.6) is 0 Å². The summed E-state index contributed by atoms with van der Waals surface area (Å²) in [7, 11) is -3.67. The fraction of sp³-hybridized carbons (Fsp3) is 0.550. The Morgan fingerprint density at radius 1 is 1.25 bits per heavy atom. The Kier molecular flexibility index (Phi) is 7.47. The largest absolute Gasteiger partial charge is 0.528 e. The van der Waals surface area contributed by atoms with Crippen LogP contribution < -0.4 is 0 Å². The lowest BCUT2D eigenvalue weighted by Gasteiger charge is -2.31. The molecule has 2 heterocycles. The van der Waals surface area contributed by atoms with E-state index in [9.17, 15) is 17.6 Å². The second-order valence-electron chi connectivity index (χ2n) is 7.79. The number of hydrogen-bond donors (Lipinski definition) is 0. The van der Waals surface area contributed by atoms with E-state index in [0.717, 1.165) is 12.3 Å². The van der Waals surface area contributed by atoms with Gasteiger partial charge in [0.2, 0.25) is 5.82 Å². The Morgan fingerprint density at radius 2 is 1.94 bits per heavy atom. The van der Waals surface area contributed by atoms with Crippen LogP contribution in [0, 0.1) is 5.82 Å². The lowest BCUT2D eigenvalue weighted by molar-refractivity contribution is -0.163. The van der Waals surface area contributed by atoms with Crippen molar-refractivity contribution in [2.45, 2.75) is 56.8 Å². The molecule has 2 aromatic rings. The zero-order valence-corrected chi connectivity index (χ0v) is 19.1. The molecule has 1 aliphatic heterocycles. The number of sulfone groups is 1. The topological polar surface area (TPSA) is 121 Å². The molecule has 32 heavy (non-hydrogen) atoms. The van der Waals surface area contributed by atoms with Crippen LogP contribution in [0.2, 0.25) is 0 Å². The molecule has 1 aliphatic rings. The Labute approximate surface area is 185 Å². The third-order valence-corrected chi connectivity index (χ3v) is 5.84. The van der Waals surface area contributed by atoms with Crippen LogP contribution in [0.3, 0.4) is 0 Å². The molecule has 1 saturated heterocycles. The van der Waals surface area contributed by atoms with Gasteiger partial charge in [-0.1, -0.05) is 5.16 Å². The first-order valence-corrected chi connectivity index (χ1v) is 12.0. The quantitative estimate of drug-likeness (QED) is 0.556. The maximum Gasteiger partial charge on any atom is 0.528 e. The van der Waals surface area contributed by atoms with Gasteiger partial charge < -0.3 is 18.8 Å². The van der Waals surface area contributed by atoms with Crippen LogP contribution in [-0.2, 0) is 24.1 Å². The first-order chi connectivity index (χ1) is 15.0. The van der Waals surface area contributed by atoms with Gasteiger partial charge in [0.1, 0.15) is 16.8 Å². The molecule has 10 nitrogen and oxygen atoms in total. The number of hydrogen-bond acceptors (Lipinski definition) is 10. The highest BCUT2D eigenvalue weighted by molar-refractivity contribution is 7.90. The van der Waals surface area contributed by atoms with E-state index in [-0.39, 0.29) is 29.5 Å². The van der Waals surface area contributed by atoms with Gasteiger partial charge in [-0.25, -0.2) is 17.6 Å². The maximum absolute atomic E-state index is 14.1. The highest BCUT2D eigenvalue weighted by Crippen LogP contribution is 2.26. The van der Waals surface area contributed by atoms with Crippen LogP contribution in [0.1, 0.15) is 45.6 Å². The van der Waals surface area contributed by atoms with Crippen molar-refractivity contribution in [3.05, 3.63) is 29.9 Å². The number of piperidine rings is 1. The van der Waals surface area contributed by atoms with Gasteiger partial charge in [0.15, 0.2) is 9.84 Å². The summed E-state index contributed by atoms with van der Waals surface area (Å²) in [4.78, 5) is 20.6. The Balaban J connectivity index is 1.55. The molecule has 0 amide bonds. The summed E-state index contributed by atoms with van der Waals surface area (Å²) in [6.07, 6.45) is 0.582. The van der Waals surface area contributed by atoms with Gasteiger partial charge in [0, 0.05) is 24.9 Å². The zero-order valence-electron chi connectivity index (χ0n) is 18.3. The van der Waals surface area contributed by atoms with E-state index >= 15 is 0 Å². The summed E-state index contributed by atoms with van der Waals surface area (Å²) in [6, 6.07) is 3.64. The van der Waals surface area contributed by atoms with E-state index in [1.54, 1.807) is 20.8 Å². The standard InChI is InChI=1S/C20H26FN3O7S/c1-12(2)28-20(25)31-24-9-7-15(8-10-24)29-13(3)19-22-18(23-30-19)14-5-6-17(16(21)11-14)32(4,26)27/h5-6,11-13,15H,7-10H2,1-4H3/t13-/m1/s1. The summed E-state index contributed by atoms with van der Waals surface area (Å²) in [6.45, 7) is 6.23. The molecule has 12 heteroatoms. The van der Waals surface area contributed by atoms with Crippen LogP contribution in [0.25, 0.3) is 11.4 Å². The number of halogens is 1. The molecule has 0 spiro atoms. The van der Waals surface area contributed by atoms with Gasteiger partial charge in [-0.05, 0) is 51.8 Å². The molecule has 0 aliphatic carbocycles. The fourth-order valence-electron chi connectivity index (χ4n) is 3.18. The number of carbonyl (C=O) groups is 1. The molecule has 1 fully saturated rings. The third kappa shape index (κ3) is 6.24. The molecule has 176 valence electrons. The Bertz CT molecular complexity index is 1050. The van der Waals surface area contributed by atoms with Crippen molar-refractivity contribution < 1.29 is 36.4 Å². The lowest BCUT2D eigenvalue weighted by Crippen LogP contribution is -2.39. The highest BCUT2D eigenvalue weighted by Gasteiger charge is 2.27. The van der Waals surface area contributed by atoms with Gasteiger partial charge in [0.25, 0.3) is 5.89 Å². The van der Waals surface area contributed by atoms with Crippen molar-refractivity contribution in [3.8, 4) is 11.4 Å². The van der Waals surface area contributed by atoms with Crippen molar-refractivity contribution in [2.24, 2.45) is 0 Å². The zero-order chi connectivity index (χ0) is 23.5. The predicted molar refractivity (Wildman–Crippen MR) is 110 cm³/mol. The maximum atomic E-state index is 14.1. The van der Waals surface area contributed by atoms with Crippen LogP contribution in [-0.4, -0.2) is 61.3 Å². The van der Waals surface area contributed by atoms with E-state index in [2.05, 4.69) is 10.1 Å². The summed E-state index contributed by atoms with van der Waals surface area (Å²) in [5, 5.41) is 5.38. The fourth-order valence-corrected chi connectivity index (χ4v) is 3.91. The third-order valence-electron chi connectivity index (χ3n) is 4.71. The molecule has 0 saturated carbocycles. The van der Waals surface area contributed by atoms with Crippen LogP contribution in [0.15, 0.2) is 27.6 Å². The SMILES string of the molecule is CC(C)OC(=O)ON1CCC(O[C@H](C)c2nc(-c3ccc(S(C)(=O)=O)c(F)c3)no2)CC1. The minimum atomic E-state index is -3.67. The second-order valence-corrected chi connectivity index (χ2v) is 9.77. The van der Waals surface area contributed by atoms with Gasteiger partial charge in [-0.3, -0.25) is 0 Å². The smallest absolute Gasteiger partial charge is 0.430 e. The van der Waals surface area contributed by atoms with Crippen molar-refractivity contribution in [2.75, 3.05) is 19.3 Å². The number of rotatable bonds is 7. The highest BCUT2D eigenvalue weighted by atomic mass is 32.2. The normalized spacial score (nSPS) is 16.8. The van der Waals surface area contributed by atoms with E-state index < -0.39 is 32.8 Å². The lowest BCUT2D eigenvalue weighted by atomic mass is 10.1. The van der Waals surface area contributed by atoms with Crippen LogP contribution >= 0.6 is 0 Å². The Hall–Kier alpha value is -2.57. The Morgan fingerprint density at radius 3 is 2.53 bits per heavy atom. The summed E-state index contributed by atoms with van der Waals surface area (Å²) >= 11 is 0. The van der Waals surface area contributed by atoms with Crippen LogP contribution in [0.4, 0.5) is 9.18 Å². The number of benzene rings is 1. The van der Waals surface area contributed by atoms with E-state index in [4.69, 9.17) is 18.8 Å². The molecule has 1 atom stereocenters. The number of nitrogens with zero attached hydrogens (tertiary/aromatic N) is 3. The first-order valence-electron chi connectivity index (χ1n) is 10.2. The van der Waals surface area contributed by atoms with E-state index in [1.165, 1.54) is 17.2 Å². The molecule has 0 radical (unpaired) electrons. The molecular weight excluding hydrogens is 445 g/mol. The number of carbonyl (C=O) groups excluding carboxylic acids is 1. The monoisotopic (exact) mass is 471 g/mol. The predicted octanol–water partition coefficient (Wildman–Crippen LogP) is 3.30. The molecule has 1 aromatic carbocycles. The van der Waals surface area contributed by atoms with Crippen molar-refractivity contribution in [1.82, 2.24) is 15.2 Å². The molecular formula is C20H26FN3O7S. The molecule has 0 unspecified atom stereocenters. The second kappa shape index (κ2) is 9.92. The summed E-state index contributed by atoms with van der Waals surface area (Å²) in [5.41, 5.74) is 0.288. The average molecular weight is 472 g/mol. The average Bonchev–Trinajstić information content (AvgIpc) is 3.18. The summed E-state index contributed by atoms with van der Waals surface area (Å²) < 4.78 is 53.5. The molecule has 0 bridgehead atoms. The molecule has 3 rings (SSSR count). The number of aromatic nitrogens is 2. The molecule has 0 N–H and O–H groups in total. The minimum absolute atomic E-state index is 0.104. The van der Waals surface area contributed by atoms with E-state index in [0.29, 0.717) is 25.9 Å². The van der Waals surface area contributed by atoms with E-state index in [1.807, 2.05) is 0 Å². The van der Waals surface area contributed by atoms with Gasteiger partial charge >= 0.3 is 6.16 Å². The molecule has 1 aromatic heterocycles. The number of ether oxygens (including phenoxy) is 2. The number of hydroxylamine groups is 2. The van der Waals surface area contributed by atoms with Crippen molar-refractivity contribution >= 4 is 16.0 Å². The van der Waals surface area contributed by atoms with Gasteiger partial charge in [-0.15, -0.1) is 5.06 Å². The first kappa shape index (κ1) is 24.1. The van der Waals surface area contributed by atoms with Gasteiger partial charge in [0.05, 0.1) is 12.2 Å².